The normalized spacial score (nSPS) is 11.1. The van der Waals surface area contributed by atoms with Crippen molar-refractivity contribution in [1.82, 2.24) is 0 Å². The van der Waals surface area contributed by atoms with E-state index in [4.69, 9.17) is 0 Å². The molecular formula is C60H60O4P2. The van der Waals surface area contributed by atoms with E-state index in [1.54, 1.807) is 0 Å². The average molecular weight is 907 g/mol. The van der Waals surface area contributed by atoms with Gasteiger partial charge < -0.3 is 19.8 Å². The second-order valence-electron chi connectivity index (χ2n) is 17.2. The Labute approximate surface area is 393 Å². The molecule has 0 aromatic heterocycles. The standard InChI is InChI=1S/2C28H28P.C4H6O4/c2*1-22-9-15-26(16-10-22)29(21-25-7-5-4-6-8-25,27-17-11-23(2)12-18-27)28-19-13-24(3)14-20-28;5-3(6)1-2-4(7)8/h2*4-20H,21H2,1-3H3;1-2H2,(H,5,6)(H,7,8)/q2*+1;/p-2. The van der Waals surface area contributed by atoms with Gasteiger partial charge in [0, 0.05) is 11.9 Å². The minimum absolute atomic E-state index is 0.470. The molecule has 0 radical (unpaired) electrons. The highest BCUT2D eigenvalue weighted by Gasteiger charge is 2.46. The quantitative estimate of drug-likeness (QED) is 0.108. The summed E-state index contributed by atoms with van der Waals surface area (Å²) in [6.45, 7) is 13.0. The number of rotatable bonds is 13. The second kappa shape index (κ2) is 23.1. The van der Waals surface area contributed by atoms with Crippen molar-refractivity contribution in [2.24, 2.45) is 0 Å². The fourth-order valence-corrected chi connectivity index (χ4v) is 16.5. The number of hydrogen-bond donors (Lipinski definition) is 0. The first-order valence-corrected chi connectivity index (χ1v) is 26.4. The first-order chi connectivity index (χ1) is 31.8. The van der Waals surface area contributed by atoms with Gasteiger partial charge in [-0.3, -0.25) is 0 Å². The maximum atomic E-state index is 9.50. The van der Waals surface area contributed by atoms with Gasteiger partial charge in [-0.2, -0.15) is 0 Å². The number of carboxylic acids is 2. The van der Waals surface area contributed by atoms with Crippen LogP contribution in [0.3, 0.4) is 0 Å². The SMILES string of the molecule is Cc1ccc([P+](Cc2ccccc2)(c2ccc(C)cc2)c2ccc(C)cc2)cc1.Cc1ccc([P+](Cc2ccccc2)(c2ccc(C)cc2)c2ccc(C)cc2)cc1.O=C([O-])CCC(=O)[O-]. The van der Waals surface area contributed by atoms with Crippen molar-refractivity contribution >= 4 is 58.3 Å². The molecule has 0 saturated carbocycles. The Morgan fingerprint density at radius 1 is 0.303 bits per heavy atom. The molecule has 0 unspecified atom stereocenters. The molecule has 0 fully saturated rings. The highest BCUT2D eigenvalue weighted by Crippen LogP contribution is 2.59. The zero-order chi connectivity index (χ0) is 47.1. The Bertz CT molecular complexity index is 2330. The molecule has 0 aliphatic carbocycles. The lowest BCUT2D eigenvalue weighted by atomic mass is 10.2. The highest BCUT2D eigenvalue weighted by atomic mass is 31.2. The van der Waals surface area contributed by atoms with Crippen LogP contribution < -0.4 is 42.0 Å². The maximum absolute atomic E-state index is 9.50. The van der Waals surface area contributed by atoms with Crippen molar-refractivity contribution in [2.45, 2.75) is 66.7 Å². The minimum Gasteiger partial charge on any atom is -0.550 e. The van der Waals surface area contributed by atoms with Gasteiger partial charge in [-0.15, -0.1) is 0 Å². The highest BCUT2D eigenvalue weighted by molar-refractivity contribution is 7.95. The van der Waals surface area contributed by atoms with Crippen LogP contribution in [0.15, 0.2) is 206 Å². The van der Waals surface area contributed by atoms with Gasteiger partial charge in [0.05, 0.1) is 12.3 Å². The molecule has 334 valence electrons. The first kappa shape index (κ1) is 49.0. The molecule has 0 bridgehead atoms. The van der Waals surface area contributed by atoms with E-state index in [2.05, 4.69) is 248 Å². The number of carbonyl (C=O) groups excluding carboxylic acids is 2. The predicted molar refractivity (Wildman–Crippen MR) is 278 cm³/mol. The Balaban J connectivity index is 0.000000188. The van der Waals surface area contributed by atoms with E-state index in [0.29, 0.717) is 0 Å². The molecule has 6 heteroatoms. The third-order valence-electron chi connectivity index (χ3n) is 11.9. The number of aryl methyl sites for hydroxylation is 6. The largest absolute Gasteiger partial charge is 0.550 e. The topological polar surface area (TPSA) is 80.3 Å². The Hall–Kier alpha value is -6.44. The van der Waals surface area contributed by atoms with Crippen LogP contribution in [0.1, 0.15) is 57.3 Å². The lowest BCUT2D eigenvalue weighted by Gasteiger charge is -2.28. The van der Waals surface area contributed by atoms with Crippen LogP contribution in [0.2, 0.25) is 0 Å². The zero-order valence-corrected chi connectivity index (χ0v) is 40.8. The van der Waals surface area contributed by atoms with Gasteiger partial charge >= 0.3 is 0 Å². The molecule has 0 amide bonds. The van der Waals surface area contributed by atoms with Gasteiger partial charge in [-0.25, -0.2) is 0 Å². The molecule has 0 atom stereocenters. The molecule has 8 aromatic carbocycles. The second-order valence-corrected chi connectivity index (χ2v) is 24.1. The van der Waals surface area contributed by atoms with E-state index < -0.39 is 39.3 Å². The first-order valence-electron chi connectivity index (χ1n) is 22.5. The minimum atomic E-state index is -1.83. The van der Waals surface area contributed by atoms with Crippen molar-refractivity contribution in [3.05, 3.63) is 251 Å². The average Bonchev–Trinajstić information content (AvgIpc) is 3.32. The summed E-state index contributed by atoms with van der Waals surface area (Å²) in [7, 11) is -3.67. The molecule has 8 aromatic rings. The van der Waals surface area contributed by atoms with Crippen LogP contribution in [0.4, 0.5) is 0 Å². The Morgan fingerprint density at radius 2 is 0.485 bits per heavy atom. The van der Waals surface area contributed by atoms with Crippen LogP contribution in [0, 0.1) is 41.5 Å². The molecular weight excluding hydrogens is 847 g/mol. The van der Waals surface area contributed by atoms with Gasteiger partial charge in [-0.1, -0.05) is 167 Å². The molecule has 0 heterocycles. The van der Waals surface area contributed by atoms with Crippen LogP contribution in [-0.4, -0.2) is 11.9 Å². The molecule has 8 rings (SSSR count). The molecule has 4 nitrogen and oxygen atoms in total. The molecule has 0 spiro atoms. The number of hydrogen-bond acceptors (Lipinski definition) is 4. The van der Waals surface area contributed by atoms with Crippen LogP contribution in [0.5, 0.6) is 0 Å². The Kier molecular flexibility index (Phi) is 17.2. The summed E-state index contributed by atoms with van der Waals surface area (Å²) in [4.78, 5) is 19.0. The van der Waals surface area contributed by atoms with Crippen molar-refractivity contribution in [2.75, 3.05) is 0 Å². The number of carboxylic acid groups (broad SMARTS) is 2. The molecule has 66 heavy (non-hydrogen) atoms. The number of carbonyl (C=O) groups is 2. The lowest BCUT2D eigenvalue weighted by Crippen LogP contribution is -2.32. The van der Waals surface area contributed by atoms with E-state index in [1.165, 1.54) is 76.3 Å². The summed E-state index contributed by atoms with van der Waals surface area (Å²) in [5.74, 6) is -2.73. The summed E-state index contributed by atoms with van der Waals surface area (Å²) in [6, 6.07) is 77.3. The summed E-state index contributed by atoms with van der Waals surface area (Å²) in [5, 5.41) is 27.7. The fraction of sp³-hybridized carbons (Fsp3) is 0.167. The zero-order valence-electron chi connectivity index (χ0n) is 39.0. The van der Waals surface area contributed by atoms with Crippen LogP contribution in [-0.2, 0) is 21.9 Å². The van der Waals surface area contributed by atoms with E-state index in [-0.39, 0.29) is 0 Å². The summed E-state index contributed by atoms with van der Waals surface area (Å²) in [5.41, 5.74) is 10.6. The monoisotopic (exact) mass is 906 g/mol. The van der Waals surface area contributed by atoms with Crippen molar-refractivity contribution in [3.8, 4) is 0 Å². The Morgan fingerprint density at radius 3 is 0.652 bits per heavy atom. The lowest BCUT2D eigenvalue weighted by molar-refractivity contribution is -0.315. The summed E-state index contributed by atoms with van der Waals surface area (Å²) < 4.78 is 0. The van der Waals surface area contributed by atoms with Gasteiger partial charge in [0.2, 0.25) is 0 Å². The summed E-state index contributed by atoms with van der Waals surface area (Å²) in [6.07, 6.45) is 1.12. The third kappa shape index (κ3) is 12.7. The predicted octanol–water partition coefficient (Wildman–Crippen LogP) is 9.48. The number of aliphatic carboxylic acids is 2. The van der Waals surface area contributed by atoms with E-state index in [9.17, 15) is 19.8 Å². The number of benzene rings is 8. The van der Waals surface area contributed by atoms with Gasteiger partial charge in [0.1, 0.15) is 46.4 Å². The van der Waals surface area contributed by atoms with Crippen molar-refractivity contribution < 1.29 is 19.8 Å². The van der Waals surface area contributed by atoms with Gasteiger partial charge in [0.15, 0.2) is 0 Å². The van der Waals surface area contributed by atoms with Crippen molar-refractivity contribution in [3.63, 3.8) is 0 Å². The van der Waals surface area contributed by atoms with Gasteiger partial charge in [0.25, 0.3) is 0 Å². The molecule has 0 saturated heterocycles. The maximum Gasteiger partial charge on any atom is 0.116 e. The smallest absolute Gasteiger partial charge is 0.116 e. The summed E-state index contributed by atoms with van der Waals surface area (Å²) >= 11 is 0. The molecule has 0 aliphatic heterocycles. The fourth-order valence-electron chi connectivity index (χ4n) is 8.16. The van der Waals surface area contributed by atoms with Crippen LogP contribution >= 0.6 is 14.5 Å². The van der Waals surface area contributed by atoms with E-state index in [0.717, 1.165) is 12.3 Å². The third-order valence-corrected chi connectivity index (χ3v) is 20.7. The van der Waals surface area contributed by atoms with Crippen LogP contribution in [0.25, 0.3) is 0 Å². The molecule has 0 N–H and O–H groups in total. The van der Waals surface area contributed by atoms with Crippen molar-refractivity contribution in [1.29, 1.82) is 0 Å². The van der Waals surface area contributed by atoms with E-state index >= 15 is 0 Å². The van der Waals surface area contributed by atoms with Gasteiger partial charge in [-0.05, 0) is 138 Å². The molecule has 0 aliphatic rings. The van der Waals surface area contributed by atoms with E-state index in [1.807, 2.05) is 0 Å².